The number of aromatic nitrogens is 8. The summed E-state index contributed by atoms with van der Waals surface area (Å²) in [6, 6.07) is 136. The predicted octanol–water partition coefficient (Wildman–Crippen LogP) is 23.0. The second kappa shape index (κ2) is 24.3. The molecule has 0 saturated carbocycles. The fourth-order valence-corrected chi connectivity index (χ4v) is 17.5. The topological polar surface area (TPSA) is 87.2 Å². The second-order valence-electron chi connectivity index (χ2n) is 27.6. The van der Waals surface area contributed by atoms with E-state index in [0.29, 0.717) is 35.2 Å². The third-order valence-corrected chi connectivity index (χ3v) is 22.0. The van der Waals surface area contributed by atoms with Crippen molar-refractivity contribution in [2.24, 2.45) is 0 Å². The smallest absolute Gasteiger partial charge is 0.238 e. The van der Waals surface area contributed by atoms with E-state index in [2.05, 4.69) is 312 Å². The summed E-state index contributed by atoms with van der Waals surface area (Å²) in [4.78, 5) is 33.1. The molecule has 8 heteroatoms. The highest BCUT2D eigenvalue weighted by Crippen LogP contribution is 2.62. The lowest BCUT2D eigenvalue weighted by Gasteiger charge is -2.34. The lowest BCUT2D eigenvalue weighted by atomic mass is 9.67. The standard InChI is InChI=1S/C98H62N8/c1-10-32-63(33-11-1)68-54-56-75-79-62-87-80(61-84(79)97(83(75)58-68,70-42-20-6-21-43-70)71-44-22-7-23-45-71)76-57-55-69(59-86(76)105(87)95-101-91(64-34-12-2-13-35-64)99-92(102-95)65-36-14-3-15-37-65)78-60-81-74-50-28-30-52-82(74)98(72-46-24-8-25-47-72,73-48-26-9-27-49-73)89(81)90-88(78)77-51-29-31-53-85(77)106(90)96-103-93(66-38-16-4-17-39-66)100-94(104-96)67-40-18-5-19-41-67/h1-62H. The van der Waals surface area contributed by atoms with Crippen LogP contribution in [0.5, 0.6) is 0 Å². The first kappa shape index (κ1) is 60.7. The first-order valence-corrected chi connectivity index (χ1v) is 36.1. The van der Waals surface area contributed by atoms with E-state index in [0.717, 1.165) is 127 Å². The number of para-hydroxylation sites is 1. The average Bonchev–Trinajstić information content (AvgIpc) is 1.51. The molecule has 0 unspecified atom stereocenters. The molecule has 0 bridgehead atoms. The molecule has 0 aliphatic heterocycles. The van der Waals surface area contributed by atoms with Crippen LogP contribution >= 0.6 is 0 Å². The third-order valence-electron chi connectivity index (χ3n) is 22.0. The van der Waals surface area contributed by atoms with Crippen LogP contribution in [0, 0.1) is 0 Å². The summed E-state index contributed by atoms with van der Waals surface area (Å²) in [7, 11) is 0. The Labute approximate surface area is 612 Å². The fourth-order valence-electron chi connectivity index (χ4n) is 17.5. The summed E-state index contributed by atoms with van der Waals surface area (Å²) in [6.07, 6.45) is 0. The lowest BCUT2D eigenvalue weighted by Crippen LogP contribution is -2.29. The van der Waals surface area contributed by atoms with Crippen molar-refractivity contribution < 1.29 is 0 Å². The Morgan fingerprint density at radius 3 is 1.13 bits per heavy atom. The van der Waals surface area contributed by atoms with E-state index in [1.54, 1.807) is 0 Å². The van der Waals surface area contributed by atoms with Gasteiger partial charge >= 0.3 is 0 Å². The van der Waals surface area contributed by atoms with Gasteiger partial charge in [-0.15, -0.1) is 0 Å². The van der Waals surface area contributed by atoms with E-state index in [9.17, 15) is 0 Å². The van der Waals surface area contributed by atoms with Crippen molar-refractivity contribution in [3.8, 4) is 102 Å². The monoisotopic (exact) mass is 1350 g/mol. The molecule has 0 N–H and O–H groups in total. The number of benzene rings is 15. The van der Waals surface area contributed by atoms with Crippen molar-refractivity contribution in [3.63, 3.8) is 0 Å². The quantitative estimate of drug-likeness (QED) is 0.121. The van der Waals surface area contributed by atoms with Gasteiger partial charge in [0.1, 0.15) is 0 Å². The Morgan fingerprint density at radius 1 is 0.208 bits per heavy atom. The number of hydrogen-bond donors (Lipinski definition) is 0. The van der Waals surface area contributed by atoms with Crippen LogP contribution < -0.4 is 0 Å². The number of fused-ring (bicyclic) bond motifs is 13. The van der Waals surface area contributed by atoms with Gasteiger partial charge < -0.3 is 0 Å². The molecule has 0 radical (unpaired) electrons. The molecule has 2 aliphatic rings. The molecule has 4 heterocycles. The van der Waals surface area contributed by atoms with Crippen molar-refractivity contribution in [1.82, 2.24) is 39.0 Å². The Morgan fingerprint density at radius 2 is 0.613 bits per heavy atom. The summed E-state index contributed by atoms with van der Waals surface area (Å²) >= 11 is 0. The molecule has 494 valence electrons. The average molecular weight is 1350 g/mol. The van der Waals surface area contributed by atoms with Gasteiger partial charge in [-0.2, -0.15) is 19.9 Å². The van der Waals surface area contributed by atoms with Crippen molar-refractivity contribution >= 4 is 43.6 Å². The van der Waals surface area contributed by atoms with Crippen molar-refractivity contribution in [1.29, 1.82) is 0 Å². The van der Waals surface area contributed by atoms with Gasteiger partial charge in [-0.05, 0) is 120 Å². The summed E-state index contributed by atoms with van der Waals surface area (Å²) in [5, 5.41) is 4.21. The zero-order valence-corrected chi connectivity index (χ0v) is 57.4. The van der Waals surface area contributed by atoms with Crippen LogP contribution in [0.1, 0.15) is 44.5 Å². The lowest BCUT2D eigenvalue weighted by molar-refractivity contribution is 0.770. The highest BCUT2D eigenvalue weighted by Gasteiger charge is 2.50. The minimum atomic E-state index is -0.840. The van der Waals surface area contributed by atoms with Crippen LogP contribution in [0.25, 0.3) is 146 Å². The maximum atomic E-state index is 5.64. The number of hydrogen-bond acceptors (Lipinski definition) is 6. The SMILES string of the molecule is c1ccc(-c2ccc3c(c2)C(c2ccccc2)(c2ccccc2)c2cc4c5ccc(-c6cc7c(c8c6c6ccccc6n8-c6nc(-c8ccccc8)nc(-c8ccccc8)n6)C(c6ccccc6)(c6ccccc6)c6ccccc6-7)cc5n(-c5nc(-c6ccccc6)nc(-c6ccccc6)n5)c4cc2-3)cc1. The Hall–Kier alpha value is -14.1. The molecule has 0 amide bonds. The number of nitrogens with zero attached hydrogens (tertiary/aromatic N) is 8. The number of rotatable bonds is 12. The zero-order valence-electron chi connectivity index (χ0n) is 57.4. The third kappa shape index (κ3) is 9.20. The minimum absolute atomic E-state index is 0.498. The largest absolute Gasteiger partial charge is 0.278 e. The van der Waals surface area contributed by atoms with Gasteiger partial charge in [-0.25, -0.2) is 9.97 Å². The van der Waals surface area contributed by atoms with Gasteiger partial charge in [0.05, 0.1) is 32.9 Å². The maximum Gasteiger partial charge on any atom is 0.238 e. The van der Waals surface area contributed by atoms with Gasteiger partial charge in [0.15, 0.2) is 23.3 Å². The van der Waals surface area contributed by atoms with E-state index in [1.807, 2.05) is 72.8 Å². The molecule has 0 atom stereocenters. The molecular weight excluding hydrogens is 1290 g/mol. The molecule has 8 nitrogen and oxygen atoms in total. The molecule has 0 saturated heterocycles. The van der Waals surface area contributed by atoms with Crippen LogP contribution in [0.4, 0.5) is 0 Å². The van der Waals surface area contributed by atoms with Crippen LogP contribution in [0.2, 0.25) is 0 Å². The van der Waals surface area contributed by atoms with E-state index >= 15 is 0 Å². The van der Waals surface area contributed by atoms with E-state index in [1.165, 1.54) is 27.8 Å². The molecular formula is C98H62N8. The van der Waals surface area contributed by atoms with Gasteiger partial charge in [0.25, 0.3) is 0 Å². The van der Waals surface area contributed by atoms with E-state index < -0.39 is 10.8 Å². The van der Waals surface area contributed by atoms with Crippen molar-refractivity contribution in [2.45, 2.75) is 10.8 Å². The van der Waals surface area contributed by atoms with Gasteiger partial charge in [0.2, 0.25) is 11.9 Å². The van der Waals surface area contributed by atoms with Gasteiger partial charge in [-0.3, -0.25) is 9.13 Å². The molecule has 19 aromatic rings. The van der Waals surface area contributed by atoms with E-state index in [4.69, 9.17) is 29.9 Å². The Bertz CT molecular complexity index is 6450. The highest BCUT2D eigenvalue weighted by atomic mass is 15.2. The predicted molar refractivity (Wildman–Crippen MR) is 429 cm³/mol. The molecule has 106 heavy (non-hydrogen) atoms. The summed E-state index contributed by atoms with van der Waals surface area (Å²) in [5.74, 6) is 3.28. The Kier molecular flexibility index (Phi) is 13.9. The van der Waals surface area contributed by atoms with Crippen LogP contribution in [0.15, 0.2) is 376 Å². The molecule has 15 aromatic carbocycles. The summed E-state index contributed by atoms with van der Waals surface area (Å²) < 4.78 is 4.67. The van der Waals surface area contributed by atoms with Crippen LogP contribution in [-0.2, 0) is 10.8 Å². The molecule has 21 rings (SSSR count). The first-order chi connectivity index (χ1) is 52.6. The molecule has 0 fully saturated rings. The minimum Gasteiger partial charge on any atom is -0.278 e. The maximum absolute atomic E-state index is 5.64. The highest BCUT2D eigenvalue weighted by molar-refractivity contribution is 6.21. The molecule has 0 spiro atoms. The Balaban J connectivity index is 0.916. The van der Waals surface area contributed by atoms with Crippen molar-refractivity contribution in [3.05, 3.63) is 421 Å². The van der Waals surface area contributed by atoms with Crippen LogP contribution in [-0.4, -0.2) is 39.0 Å². The van der Waals surface area contributed by atoms with Crippen molar-refractivity contribution in [2.75, 3.05) is 0 Å². The molecule has 2 aliphatic carbocycles. The van der Waals surface area contributed by atoms with Gasteiger partial charge in [-0.1, -0.05) is 340 Å². The summed E-state index contributed by atoms with van der Waals surface area (Å²) in [5.41, 5.74) is 24.1. The van der Waals surface area contributed by atoms with Gasteiger partial charge in [0, 0.05) is 49.4 Å². The van der Waals surface area contributed by atoms with E-state index in [-0.39, 0.29) is 0 Å². The second-order valence-corrected chi connectivity index (χ2v) is 27.6. The first-order valence-electron chi connectivity index (χ1n) is 36.1. The van der Waals surface area contributed by atoms with Crippen LogP contribution in [0.3, 0.4) is 0 Å². The normalized spacial score (nSPS) is 13.1. The summed E-state index contributed by atoms with van der Waals surface area (Å²) in [6.45, 7) is 0. The zero-order chi connectivity index (χ0) is 69.9. The molecule has 4 aromatic heterocycles. The fraction of sp³-hybridized carbons (Fsp3) is 0.0204.